The zero-order valence-electron chi connectivity index (χ0n) is 14.1. The van der Waals surface area contributed by atoms with Gasteiger partial charge in [-0.1, -0.05) is 18.2 Å². The molecule has 0 saturated heterocycles. The first kappa shape index (κ1) is 16.0. The molecule has 0 bridgehead atoms. The summed E-state index contributed by atoms with van der Waals surface area (Å²) in [6.07, 6.45) is 14.4. The van der Waals surface area contributed by atoms with Gasteiger partial charge in [-0.3, -0.25) is 15.0 Å². The Bertz CT molecular complexity index is 771. The Labute approximate surface area is 151 Å². The third kappa shape index (κ3) is 3.32. The first-order valence-electron chi connectivity index (χ1n) is 8.39. The van der Waals surface area contributed by atoms with Crippen molar-refractivity contribution in [2.45, 2.75) is 11.8 Å². The van der Waals surface area contributed by atoms with E-state index >= 15 is 0 Å². The van der Waals surface area contributed by atoms with Crippen LogP contribution < -0.4 is 0 Å². The summed E-state index contributed by atoms with van der Waals surface area (Å²) >= 11 is 0. The van der Waals surface area contributed by atoms with Crippen LogP contribution in [0.5, 0.6) is 0 Å². The van der Waals surface area contributed by atoms with Crippen molar-refractivity contribution in [2.24, 2.45) is 0 Å². The maximum Gasteiger partial charge on any atom is 0.115 e. The van der Waals surface area contributed by atoms with Crippen LogP contribution >= 0.6 is 0 Å². The molecule has 0 aliphatic heterocycles. The van der Waals surface area contributed by atoms with E-state index in [0.29, 0.717) is 0 Å². The quantitative estimate of drug-likeness (QED) is 0.555. The van der Waals surface area contributed by atoms with E-state index in [2.05, 4.69) is 43.1 Å². The number of hydrogen-bond acceptors (Lipinski definition) is 5. The van der Waals surface area contributed by atoms with Gasteiger partial charge >= 0.3 is 0 Å². The molecule has 26 heavy (non-hydrogen) atoms. The zero-order chi connectivity index (χ0) is 17.6. The minimum atomic E-state index is -0.0277. The molecule has 0 radical (unpaired) electrons. The van der Waals surface area contributed by atoms with Gasteiger partial charge in [0, 0.05) is 55.2 Å². The molecule has 4 aromatic heterocycles. The number of nitrogens with zero attached hydrogens (tertiary/aromatic N) is 5. The van der Waals surface area contributed by atoms with Crippen LogP contribution in [0.1, 0.15) is 34.2 Å². The lowest BCUT2D eigenvalue weighted by atomic mass is 9.77. The van der Waals surface area contributed by atoms with E-state index in [9.17, 15) is 0 Å². The lowest BCUT2D eigenvalue weighted by Gasteiger charge is -2.27. The smallest absolute Gasteiger partial charge is 0.115 e. The second-order valence-electron chi connectivity index (χ2n) is 5.95. The summed E-state index contributed by atoms with van der Waals surface area (Å²) in [5.41, 5.74) is 4.23. The highest BCUT2D eigenvalue weighted by Crippen LogP contribution is 2.41. The molecule has 5 nitrogen and oxygen atoms in total. The molecule has 0 N–H and O–H groups in total. The number of pyridine rings is 3. The Hall–Kier alpha value is -3.47. The first-order chi connectivity index (χ1) is 12.9. The summed E-state index contributed by atoms with van der Waals surface area (Å²) in [6, 6.07) is 14.1. The van der Waals surface area contributed by atoms with Crippen molar-refractivity contribution in [3.05, 3.63) is 115 Å². The van der Waals surface area contributed by atoms with Crippen molar-refractivity contribution < 1.29 is 0 Å². The summed E-state index contributed by atoms with van der Waals surface area (Å²) in [5, 5.41) is 0. The van der Waals surface area contributed by atoms with Crippen molar-refractivity contribution in [3.8, 4) is 0 Å². The highest BCUT2D eigenvalue weighted by molar-refractivity contribution is 5.40. The van der Waals surface area contributed by atoms with Crippen LogP contribution in [0.4, 0.5) is 0 Å². The van der Waals surface area contributed by atoms with Gasteiger partial charge in [-0.2, -0.15) is 0 Å². The van der Waals surface area contributed by atoms with Crippen molar-refractivity contribution >= 4 is 0 Å². The standard InChI is InChI=1S/C21H17N5/c1-4-16(12-22-8-1)20(17-5-2-9-23-13-17)21(18-6-3-10-24-14-18)19-7-11-25-15-26-19/h1-15,20-21H. The fourth-order valence-corrected chi connectivity index (χ4v) is 3.28. The highest BCUT2D eigenvalue weighted by Gasteiger charge is 2.29. The van der Waals surface area contributed by atoms with Crippen LogP contribution in [-0.2, 0) is 0 Å². The molecular formula is C21H17N5. The van der Waals surface area contributed by atoms with Crippen molar-refractivity contribution in [3.63, 3.8) is 0 Å². The third-order valence-corrected chi connectivity index (χ3v) is 4.39. The maximum absolute atomic E-state index is 4.55. The Morgan fingerprint density at radius 1 is 0.538 bits per heavy atom. The van der Waals surface area contributed by atoms with Gasteiger partial charge in [-0.15, -0.1) is 0 Å². The first-order valence-corrected chi connectivity index (χ1v) is 8.39. The van der Waals surface area contributed by atoms with E-state index in [1.54, 1.807) is 31.1 Å². The maximum atomic E-state index is 4.55. The Kier molecular flexibility index (Phi) is 4.69. The van der Waals surface area contributed by atoms with Crippen LogP contribution in [0.3, 0.4) is 0 Å². The average Bonchev–Trinajstić information content (AvgIpc) is 2.74. The molecule has 0 fully saturated rings. The molecule has 0 spiro atoms. The molecule has 0 amide bonds. The van der Waals surface area contributed by atoms with E-state index in [1.807, 2.05) is 42.9 Å². The van der Waals surface area contributed by atoms with Gasteiger partial charge < -0.3 is 0 Å². The Balaban J connectivity index is 1.93. The van der Waals surface area contributed by atoms with Gasteiger partial charge in [0.15, 0.2) is 0 Å². The molecule has 0 aromatic carbocycles. The Morgan fingerprint density at radius 3 is 1.50 bits per heavy atom. The van der Waals surface area contributed by atoms with Gasteiger partial charge in [0.25, 0.3) is 0 Å². The predicted octanol–water partition coefficient (Wildman–Crippen LogP) is 3.63. The summed E-state index contributed by atoms with van der Waals surface area (Å²) in [4.78, 5) is 21.6. The lowest BCUT2D eigenvalue weighted by Crippen LogP contribution is -2.16. The van der Waals surface area contributed by atoms with E-state index in [1.165, 1.54) is 0 Å². The largest absolute Gasteiger partial charge is 0.264 e. The van der Waals surface area contributed by atoms with Crippen molar-refractivity contribution in [2.75, 3.05) is 0 Å². The van der Waals surface area contributed by atoms with Gasteiger partial charge in [-0.05, 0) is 41.0 Å². The SMILES string of the molecule is c1cncc(C(c2cccnc2)C(c2cccnc2)c2ccncn2)c1. The molecule has 5 heteroatoms. The molecule has 4 rings (SSSR count). The fourth-order valence-electron chi connectivity index (χ4n) is 3.28. The van der Waals surface area contributed by atoms with Crippen LogP contribution in [-0.4, -0.2) is 24.9 Å². The van der Waals surface area contributed by atoms with Crippen molar-refractivity contribution in [1.82, 2.24) is 24.9 Å². The van der Waals surface area contributed by atoms with E-state index in [-0.39, 0.29) is 11.8 Å². The number of hydrogen-bond donors (Lipinski definition) is 0. The molecule has 0 aliphatic carbocycles. The van der Waals surface area contributed by atoms with Crippen LogP contribution in [0, 0.1) is 0 Å². The monoisotopic (exact) mass is 339 g/mol. The normalized spacial score (nSPS) is 12.0. The zero-order valence-corrected chi connectivity index (χ0v) is 14.1. The molecule has 126 valence electrons. The molecule has 4 aromatic rings. The van der Waals surface area contributed by atoms with Crippen LogP contribution in [0.2, 0.25) is 0 Å². The highest BCUT2D eigenvalue weighted by atomic mass is 14.8. The molecule has 4 heterocycles. The summed E-state index contributed by atoms with van der Waals surface area (Å²) in [7, 11) is 0. The second kappa shape index (κ2) is 7.61. The topological polar surface area (TPSA) is 64.5 Å². The lowest BCUT2D eigenvalue weighted by molar-refractivity contribution is 0.665. The molecule has 0 saturated carbocycles. The summed E-state index contributed by atoms with van der Waals surface area (Å²) in [6.45, 7) is 0. The number of rotatable bonds is 5. The third-order valence-electron chi connectivity index (χ3n) is 4.39. The van der Waals surface area contributed by atoms with E-state index in [0.717, 1.165) is 22.4 Å². The molecular weight excluding hydrogens is 322 g/mol. The van der Waals surface area contributed by atoms with Crippen LogP contribution in [0.25, 0.3) is 0 Å². The Morgan fingerprint density at radius 2 is 1.08 bits per heavy atom. The van der Waals surface area contributed by atoms with Gasteiger partial charge in [0.05, 0.1) is 5.69 Å². The van der Waals surface area contributed by atoms with E-state index < -0.39 is 0 Å². The van der Waals surface area contributed by atoms with Gasteiger partial charge in [-0.25, -0.2) is 9.97 Å². The molecule has 0 aliphatic rings. The van der Waals surface area contributed by atoms with Crippen molar-refractivity contribution in [1.29, 1.82) is 0 Å². The van der Waals surface area contributed by atoms with E-state index in [4.69, 9.17) is 0 Å². The molecule has 1 unspecified atom stereocenters. The fraction of sp³-hybridized carbons (Fsp3) is 0.0952. The predicted molar refractivity (Wildman–Crippen MR) is 98.4 cm³/mol. The average molecular weight is 339 g/mol. The second-order valence-corrected chi connectivity index (χ2v) is 5.95. The minimum absolute atomic E-state index is 0.0106. The minimum Gasteiger partial charge on any atom is -0.264 e. The molecule has 1 atom stereocenters. The summed E-state index contributed by atoms with van der Waals surface area (Å²) in [5.74, 6) is -0.0170. The summed E-state index contributed by atoms with van der Waals surface area (Å²) < 4.78 is 0. The number of aromatic nitrogens is 5. The van der Waals surface area contributed by atoms with Gasteiger partial charge in [0.2, 0.25) is 0 Å². The van der Waals surface area contributed by atoms with Crippen LogP contribution in [0.15, 0.2) is 92.2 Å². The van der Waals surface area contributed by atoms with Gasteiger partial charge in [0.1, 0.15) is 6.33 Å².